The van der Waals surface area contributed by atoms with E-state index in [1.165, 1.54) is 0 Å². The van der Waals surface area contributed by atoms with Gasteiger partial charge in [-0.3, -0.25) is 9.98 Å². The third-order valence-corrected chi connectivity index (χ3v) is 5.09. The van der Waals surface area contributed by atoms with E-state index in [9.17, 15) is 5.11 Å². The van der Waals surface area contributed by atoms with Crippen LogP contribution in [0.15, 0.2) is 102 Å². The lowest BCUT2D eigenvalue weighted by Gasteiger charge is -2.15. The molecule has 0 bridgehead atoms. The average molecular weight is 374 g/mol. The first-order valence-corrected chi connectivity index (χ1v) is 9.49. The second-order valence-corrected chi connectivity index (χ2v) is 6.87. The van der Waals surface area contributed by atoms with Crippen molar-refractivity contribution in [2.75, 3.05) is 0 Å². The minimum Gasteiger partial charge on any atom is -0.507 e. The van der Waals surface area contributed by atoms with Crippen molar-refractivity contribution in [2.45, 2.75) is 0 Å². The molecule has 1 heterocycles. The molecular formula is C26H18N2O. The van der Waals surface area contributed by atoms with Crippen molar-refractivity contribution in [2.24, 2.45) is 4.99 Å². The molecule has 3 nitrogen and oxygen atoms in total. The summed E-state index contributed by atoms with van der Waals surface area (Å²) in [5, 5.41) is 15.1. The summed E-state index contributed by atoms with van der Waals surface area (Å²) in [5.41, 5.74) is 3.30. The zero-order valence-corrected chi connectivity index (χ0v) is 15.7. The van der Waals surface area contributed by atoms with Crippen LogP contribution in [-0.4, -0.2) is 16.3 Å². The van der Waals surface area contributed by atoms with Crippen molar-refractivity contribution < 1.29 is 5.11 Å². The number of fused-ring (bicyclic) bond motifs is 2. The molecule has 0 aliphatic carbocycles. The van der Waals surface area contributed by atoms with Crippen molar-refractivity contribution in [3.05, 3.63) is 103 Å². The molecule has 0 fully saturated rings. The second kappa shape index (κ2) is 7.21. The fourth-order valence-electron chi connectivity index (χ4n) is 3.74. The van der Waals surface area contributed by atoms with Gasteiger partial charge >= 0.3 is 0 Å². The maximum Gasteiger partial charge on any atom is 0.124 e. The molecule has 0 saturated heterocycles. The van der Waals surface area contributed by atoms with E-state index < -0.39 is 0 Å². The van der Waals surface area contributed by atoms with E-state index in [1.54, 1.807) is 18.5 Å². The first kappa shape index (κ1) is 17.1. The topological polar surface area (TPSA) is 45.5 Å². The molecule has 3 heteroatoms. The number of rotatable bonds is 3. The van der Waals surface area contributed by atoms with Crippen LogP contribution in [0.4, 0.5) is 5.69 Å². The van der Waals surface area contributed by atoms with Crippen molar-refractivity contribution >= 4 is 33.4 Å². The summed E-state index contributed by atoms with van der Waals surface area (Å²) in [7, 11) is 0. The van der Waals surface area contributed by atoms with Gasteiger partial charge < -0.3 is 5.11 Å². The predicted molar refractivity (Wildman–Crippen MR) is 120 cm³/mol. The fraction of sp³-hybridized carbons (Fsp3) is 0. The predicted octanol–water partition coefficient (Wildman–Crippen LogP) is 6.51. The molecule has 5 rings (SSSR count). The Kier molecular flexibility index (Phi) is 4.26. The van der Waals surface area contributed by atoms with Crippen LogP contribution in [0.25, 0.3) is 32.7 Å². The van der Waals surface area contributed by atoms with Crippen LogP contribution in [0.5, 0.6) is 5.75 Å². The lowest BCUT2D eigenvalue weighted by molar-refractivity contribution is 0.478. The highest BCUT2D eigenvalue weighted by Crippen LogP contribution is 2.44. The van der Waals surface area contributed by atoms with Crippen LogP contribution in [-0.2, 0) is 0 Å². The molecule has 4 aromatic carbocycles. The first-order chi connectivity index (χ1) is 14.3. The van der Waals surface area contributed by atoms with Crippen molar-refractivity contribution in [1.82, 2.24) is 4.98 Å². The molecule has 29 heavy (non-hydrogen) atoms. The number of nitrogens with zero attached hydrogens (tertiary/aromatic N) is 2. The number of aliphatic imine (C=N–C) groups is 1. The van der Waals surface area contributed by atoms with Gasteiger partial charge in [-0.05, 0) is 45.8 Å². The number of hydrogen-bond donors (Lipinski definition) is 1. The smallest absolute Gasteiger partial charge is 0.124 e. The summed E-state index contributed by atoms with van der Waals surface area (Å²) < 4.78 is 0. The first-order valence-electron chi connectivity index (χ1n) is 9.49. The Balaban J connectivity index is 1.83. The Labute approximate surface area is 168 Å². The molecule has 0 unspecified atom stereocenters. The lowest BCUT2D eigenvalue weighted by atomic mass is 9.92. The summed E-state index contributed by atoms with van der Waals surface area (Å²) in [4.78, 5) is 9.08. The van der Waals surface area contributed by atoms with Gasteiger partial charge in [0.1, 0.15) is 5.75 Å². The van der Waals surface area contributed by atoms with Crippen LogP contribution in [0, 0.1) is 0 Å². The second-order valence-electron chi connectivity index (χ2n) is 6.87. The van der Waals surface area contributed by atoms with E-state index in [0.29, 0.717) is 0 Å². The molecular weight excluding hydrogens is 356 g/mol. The Bertz CT molecular complexity index is 1360. The van der Waals surface area contributed by atoms with Gasteiger partial charge in [-0.25, -0.2) is 0 Å². The van der Waals surface area contributed by atoms with Gasteiger partial charge in [-0.1, -0.05) is 66.7 Å². The van der Waals surface area contributed by atoms with E-state index in [2.05, 4.69) is 29.2 Å². The zero-order chi connectivity index (χ0) is 19.6. The number of phenolic OH excluding ortho intramolecular Hbond substituents is 1. The highest BCUT2D eigenvalue weighted by molar-refractivity contribution is 6.11. The molecule has 5 aromatic rings. The third-order valence-electron chi connectivity index (χ3n) is 5.09. The van der Waals surface area contributed by atoms with Gasteiger partial charge in [0.25, 0.3) is 0 Å². The van der Waals surface area contributed by atoms with Crippen molar-refractivity contribution in [3.8, 4) is 16.9 Å². The molecule has 1 N–H and O–H groups in total. The molecule has 0 spiro atoms. The standard InChI is InChI=1S/C26H18N2O/c29-24-15-13-19-8-2-4-11-22(19)26(24)25-21-10-3-1-7-18(21)12-14-23(25)28-17-20-9-5-6-16-27-20/h1-17,29H. The Morgan fingerprint density at radius 2 is 1.31 bits per heavy atom. The van der Waals surface area contributed by atoms with Crippen LogP contribution >= 0.6 is 0 Å². The van der Waals surface area contributed by atoms with Gasteiger partial charge in [-0.15, -0.1) is 0 Å². The summed E-state index contributed by atoms with van der Waals surface area (Å²) in [5.74, 6) is 0.245. The quantitative estimate of drug-likeness (QED) is 0.366. The summed E-state index contributed by atoms with van der Waals surface area (Å²) in [6, 6.07) is 29.8. The van der Waals surface area contributed by atoms with Crippen LogP contribution in [0.2, 0.25) is 0 Å². The fourth-order valence-corrected chi connectivity index (χ4v) is 3.74. The number of aromatic nitrogens is 1. The van der Waals surface area contributed by atoms with Gasteiger partial charge in [0.15, 0.2) is 0 Å². The van der Waals surface area contributed by atoms with E-state index in [0.717, 1.165) is 44.1 Å². The molecule has 0 radical (unpaired) electrons. The average Bonchev–Trinajstić information content (AvgIpc) is 2.78. The Morgan fingerprint density at radius 3 is 2.03 bits per heavy atom. The molecule has 1 aromatic heterocycles. The number of benzene rings is 4. The molecule has 0 saturated carbocycles. The number of pyridine rings is 1. The van der Waals surface area contributed by atoms with E-state index in [-0.39, 0.29) is 5.75 Å². The molecule has 0 aliphatic rings. The van der Waals surface area contributed by atoms with Gasteiger partial charge in [0.2, 0.25) is 0 Å². The van der Waals surface area contributed by atoms with Crippen LogP contribution in [0.1, 0.15) is 5.69 Å². The Morgan fingerprint density at radius 1 is 0.655 bits per heavy atom. The monoisotopic (exact) mass is 374 g/mol. The summed E-state index contributed by atoms with van der Waals surface area (Å²) in [6.07, 6.45) is 3.51. The minimum atomic E-state index is 0.245. The minimum absolute atomic E-state index is 0.245. The number of aromatic hydroxyl groups is 1. The van der Waals surface area contributed by atoms with Gasteiger partial charge in [0, 0.05) is 17.3 Å². The van der Waals surface area contributed by atoms with Crippen LogP contribution < -0.4 is 0 Å². The Hall–Kier alpha value is -3.98. The van der Waals surface area contributed by atoms with Crippen molar-refractivity contribution in [3.63, 3.8) is 0 Å². The van der Waals surface area contributed by atoms with E-state index in [1.807, 2.05) is 60.7 Å². The number of phenols is 1. The maximum absolute atomic E-state index is 10.9. The molecule has 138 valence electrons. The highest BCUT2D eigenvalue weighted by atomic mass is 16.3. The lowest BCUT2D eigenvalue weighted by Crippen LogP contribution is -1.88. The zero-order valence-electron chi connectivity index (χ0n) is 15.7. The molecule has 0 aliphatic heterocycles. The van der Waals surface area contributed by atoms with E-state index in [4.69, 9.17) is 4.99 Å². The molecule has 0 amide bonds. The van der Waals surface area contributed by atoms with E-state index >= 15 is 0 Å². The largest absolute Gasteiger partial charge is 0.507 e. The number of hydrogen-bond acceptors (Lipinski definition) is 3. The van der Waals surface area contributed by atoms with Gasteiger partial charge in [0.05, 0.1) is 17.6 Å². The SMILES string of the molecule is Oc1ccc2ccccc2c1-c1c(N=Cc2ccccn2)ccc2ccccc12. The normalized spacial score (nSPS) is 11.4. The molecule has 0 atom stereocenters. The van der Waals surface area contributed by atoms with Gasteiger partial charge in [-0.2, -0.15) is 0 Å². The maximum atomic E-state index is 10.9. The highest BCUT2D eigenvalue weighted by Gasteiger charge is 2.16. The van der Waals surface area contributed by atoms with Crippen molar-refractivity contribution in [1.29, 1.82) is 0 Å². The summed E-state index contributed by atoms with van der Waals surface area (Å²) in [6.45, 7) is 0. The van der Waals surface area contributed by atoms with Crippen LogP contribution in [0.3, 0.4) is 0 Å². The summed E-state index contributed by atoms with van der Waals surface area (Å²) >= 11 is 0. The third kappa shape index (κ3) is 3.13.